The molecule has 0 saturated carbocycles. The molecule has 2 aromatic rings. The fourth-order valence-corrected chi connectivity index (χ4v) is 1.87. The fourth-order valence-electron chi connectivity index (χ4n) is 1.87. The first-order chi connectivity index (χ1) is 9.69. The first kappa shape index (κ1) is 14.4. The lowest BCUT2D eigenvalue weighted by molar-refractivity contribution is 0.319. The Hall–Kier alpha value is -2.03. The van der Waals surface area contributed by atoms with Gasteiger partial charge in [-0.3, -0.25) is 0 Å². The summed E-state index contributed by atoms with van der Waals surface area (Å²) in [4.78, 5) is 0. The molecule has 0 aromatic heterocycles. The van der Waals surface area contributed by atoms with Crippen LogP contribution in [0.2, 0.25) is 0 Å². The lowest BCUT2D eigenvalue weighted by Crippen LogP contribution is -2.02. The van der Waals surface area contributed by atoms with Crippen LogP contribution in [-0.4, -0.2) is 13.2 Å². The van der Waals surface area contributed by atoms with Crippen LogP contribution in [0.4, 0.5) is 4.39 Å². The molecular weight excluding hydrogens is 255 g/mol. The average Bonchev–Trinajstić information content (AvgIpc) is 2.45. The summed E-state index contributed by atoms with van der Waals surface area (Å²) >= 11 is 0. The minimum absolute atomic E-state index is 0.233. The van der Waals surface area contributed by atoms with Gasteiger partial charge in [0.1, 0.15) is 17.3 Å². The lowest BCUT2D eigenvalue weighted by Gasteiger charge is -2.08. The molecule has 0 radical (unpaired) electrons. The van der Waals surface area contributed by atoms with Gasteiger partial charge in [0.15, 0.2) is 0 Å². The van der Waals surface area contributed by atoms with E-state index >= 15 is 0 Å². The average molecular weight is 274 g/mol. The number of aryl methyl sites for hydroxylation is 1. The Morgan fingerprint density at radius 2 is 1.65 bits per heavy atom. The highest BCUT2D eigenvalue weighted by Gasteiger charge is 2.01. The molecular formula is C17H19FO2. The van der Waals surface area contributed by atoms with E-state index in [0.29, 0.717) is 24.5 Å². The summed E-state index contributed by atoms with van der Waals surface area (Å²) in [6, 6.07) is 12.9. The number of hydrogen-bond acceptors (Lipinski definition) is 2. The van der Waals surface area contributed by atoms with Gasteiger partial charge in [0.2, 0.25) is 0 Å². The maximum atomic E-state index is 13.4. The summed E-state index contributed by atoms with van der Waals surface area (Å²) in [7, 11) is 0. The van der Waals surface area contributed by atoms with Crippen molar-refractivity contribution in [2.75, 3.05) is 13.2 Å². The summed E-state index contributed by atoms with van der Waals surface area (Å²) < 4.78 is 24.3. The molecule has 0 fully saturated rings. The molecule has 3 heteroatoms. The smallest absolute Gasteiger partial charge is 0.129 e. The van der Waals surface area contributed by atoms with Crippen molar-refractivity contribution in [3.05, 3.63) is 59.4 Å². The first-order valence-electron chi connectivity index (χ1n) is 6.79. The van der Waals surface area contributed by atoms with E-state index in [9.17, 15) is 4.39 Å². The number of hydrogen-bond donors (Lipinski definition) is 0. The molecule has 2 aromatic carbocycles. The molecule has 0 atom stereocenters. The lowest BCUT2D eigenvalue weighted by atomic mass is 10.1. The Morgan fingerprint density at radius 1 is 0.950 bits per heavy atom. The molecule has 2 nitrogen and oxygen atoms in total. The van der Waals surface area contributed by atoms with Gasteiger partial charge >= 0.3 is 0 Å². The molecule has 0 N–H and O–H groups in total. The number of halogens is 1. The highest BCUT2D eigenvalue weighted by Crippen LogP contribution is 2.17. The Bertz CT molecular complexity index is 549. The summed E-state index contributed by atoms with van der Waals surface area (Å²) in [5, 5.41) is 0. The standard InChI is InChI=1S/C17H19FO2/c1-3-19-15-8-5-14(6-9-15)10-11-20-16-7-4-13(2)17(18)12-16/h4-9,12H,3,10-11H2,1-2H3. The zero-order valence-corrected chi connectivity index (χ0v) is 11.9. The van der Waals surface area contributed by atoms with Crippen LogP contribution in [-0.2, 0) is 6.42 Å². The third-order valence-corrected chi connectivity index (χ3v) is 3.04. The van der Waals surface area contributed by atoms with Crippen molar-refractivity contribution in [2.45, 2.75) is 20.3 Å². The Morgan fingerprint density at radius 3 is 2.30 bits per heavy atom. The minimum Gasteiger partial charge on any atom is -0.494 e. The molecule has 0 heterocycles. The van der Waals surface area contributed by atoms with E-state index < -0.39 is 0 Å². The third-order valence-electron chi connectivity index (χ3n) is 3.04. The summed E-state index contributed by atoms with van der Waals surface area (Å²) in [6.07, 6.45) is 0.780. The largest absolute Gasteiger partial charge is 0.494 e. The second-order valence-electron chi connectivity index (χ2n) is 4.59. The molecule has 0 amide bonds. The van der Waals surface area contributed by atoms with Crippen molar-refractivity contribution in [2.24, 2.45) is 0 Å². The van der Waals surface area contributed by atoms with Crippen LogP contribution in [0.25, 0.3) is 0 Å². The van der Waals surface area contributed by atoms with Crippen molar-refractivity contribution in [3.8, 4) is 11.5 Å². The molecule has 0 aliphatic carbocycles. The van der Waals surface area contributed by atoms with E-state index in [1.54, 1.807) is 19.1 Å². The van der Waals surface area contributed by atoms with Crippen LogP contribution >= 0.6 is 0 Å². The highest BCUT2D eigenvalue weighted by molar-refractivity contribution is 5.29. The maximum absolute atomic E-state index is 13.4. The third kappa shape index (κ3) is 3.98. The van der Waals surface area contributed by atoms with Crippen LogP contribution < -0.4 is 9.47 Å². The molecule has 0 saturated heterocycles. The van der Waals surface area contributed by atoms with Gasteiger partial charge in [0.25, 0.3) is 0 Å². The molecule has 0 unspecified atom stereocenters. The van der Waals surface area contributed by atoms with Gasteiger partial charge in [-0.25, -0.2) is 4.39 Å². The van der Waals surface area contributed by atoms with E-state index in [1.807, 2.05) is 31.2 Å². The molecule has 106 valence electrons. The van der Waals surface area contributed by atoms with Crippen LogP contribution in [0.1, 0.15) is 18.1 Å². The van der Waals surface area contributed by atoms with Crippen LogP contribution in [0.3, 0.4) is 0 Å². The SMILES string of the molecule is CCOc1ccc(CCOc2ccc(C)c(F)c2)cc1. The molecule has 2 rings (SSSR count). The van der Waals surface area contributed by atoms with Gasteiger partial charge in [-0.15, -0.1) is 0 Å². The molecule has 0 spiro atoms. The number of benzene rings is 2. The summed E-state index contributed by atoms with van der Waals surface area (Å²) in [5.41, 5.74) is 1.80. The number of rotatable bonds is 6. The van der Waals surface area contributed by atoms with Crippen molar-refractivity contribution in [1.82, 2.24) is 0 Å². The Kier molecular flexibility index (Phi) is 4.99. The Balaban J connectivity index is 1.84. The fraction of sp³-hybridized carbons (Fsp3) is 0.294. The van der Waals surface area contributed by atoms with Gasteiger partial charge in [0, 0.05) is 12.5 Å². The van der Waals surface area contributed by atoms with E-state index in [2.05, 4.69) is 0 Å². The van der Waals surface area contributed by atoms with Gasteiger partial charge in [0.05, 0.1) is 13.2 Å². The molecule has 0 bridgehead atoms. The highest BCUT2D eigenvalue weighted by atomic mass is 19.1. The van der Waals surface area contributed by atoms with E-state index in [4.69, 9.17) is 9.47 Å². The minimum atomic E-state index is -0.233. The van der Waals surface area contributed by atoms with Crippen molar-refractivity contribution in [3.63, 3.8) is 0 Å². The van der Waals surface area contributed by atoms with Gasteiger partial charge < -0.3 is 9.47 Å². The van der Waals surface area contributed by atoms with E-state index in [1.165, 1.54) is 11.6 Å². The summed E-state index contributed by atoms with van der Waals surface area (Å²) in [5.74, 6) is 1.21. The maximum Gasteiger partial charge on any atom is 0.129 e. The number of ether oxygens (including phenoxy) is 2. The van der Waals surface area contributed by atoms with Crippen LogP contribution in [0, 0.1) is 12.7 Å². The Labute approximate surface area is 119 Å². The van der Waals surface area contributed by atoms with Crippen molar-refractivity contribution >= 4 is 0 Å². The summed E-state index contributed by atoms with van der Waals surface area (Å²) in [6.45, 7) is 4.89. The quantitative estimate of drug-likeness (QED) is 0.787. The second-order valence-corrected chi connectivity index (χ2v) is 4.59. The van der Waals surface area contributed by atoms with Crippen LogP contribution in [0.15, 0.2) is 42.5 Å². The zero-order chi connectivity index (χ0) is 14.4. The predicted molar refractivity (Wildman–Crippen MR) is 77.9 cm³/mol. The second kappa shape index (κ2) is 6.94. The van der Waals surface area contributed by atoms with E-state index in [-0.39, 0.29) is 5.82 Å². The molecule has 0 aliphatic rings. The predicted octanol–water partition coefficient (Wildman–Crippen LogP) is 4.15. The monoisotopic (exact) mass is 274 g/mol. The topological polar surface area (TPSA) is 18.5 Å². The van der Waals surface area contributed by atoms with Gasteiger partial charge in [-0.05, 0) is 43.2 Å². The first-order valence-corrected chi connectivity index (χ1v) is 6.79. The zero-order valence-electron chi connectivity index (χ0n) is 11.9. The van der Waals surface area contributed by atoms with Crippen molar-refractivity contribution < 1.29 is 13.9 Å². The molecule has 20 heavy (non-hydrogen) atoms. The molecule has 0 aliphatic heterocycles. The van der Waals surface area contributed by atoms with Gasteiger partial charge in [-0.1, -0.05) is 18.2 Å². The van der Waals surface area contributed by atoms with Gasteiger partial charge in [-0.2, -0.15) is 0 Å². The van der Waals surface area contributed by atoms with E-state index in [0.717, 1.165) is 12.2 Å². The van der Waals surface area contributed by atoms with Crippen LogP contribution in [0.5, 0.6) is 11.5 Å². The normalized spacial score (nSPS) is 10.3. The van der Waals surface area contributed by atoms with Crippen molar-refractivity contribution in [1.29, 1.82) is 0 Å².